The highest BCUT2D eigenvalue weighted by molar-refractivity contribution is 6.53. The van der Waals surface area contributed by atoms with Crippen LogP contribution in [0.1, 0.15) is 37.9 Å². The lowest BCUT2D eigenvalue weighted by Gasteiger charge is -2.33. The van der Waals surface area contributed by atoms with Gasteiger partial charge in [-0.05, 0) is 38.3 Å². The first-order valence-corrected chi connectivity index (χ1v) is 8.78. The van der Waals surface area contributed by atoms with Crippen molar-refractivity contribution < 1.29 is 4.79 Å². The molecular weight excluding hydrogens is 333 g/mol. The molecule has 2 aromatic rings. The van der Waals surface area contributed by atoms with E-state index in [-0.39, 0.29) is 5.91 Å². The van der Waals surface area contributed by atoms with E-state index in [1.807, 2.05) is 36.1 Å². The number of H-pyrrole nitrogens is 1. The van der Waals surface area contributed by atoms with Crippen molar-refractivity contribution in [1.29, 1.82) is 0 Å². The third kappa shape index (κ3) is 2.43. The second-order valence-electron chi connectivity index (χ2n) is 6.92. The second kappa shape index (κ2) is 5.12. The number of fused-ring (bicyclic) bond motifs is 1. The normalized spacial score (nSPS) is 27.3. The van der Waals surface area contributed by atoms with Crippen LogP contribution in [0.2, 0.25) is 0 Å². The number of nitrogens with one attached hydrogen (secondary N) is 1. The monoisotopic (exact) mass is 351 g/mol. The highest BCUT2D eigenvalue weighted by Gasteiger charge is 2.68. The zero-order chi connectivity index (χ0) is 16.2. The number of piperidine rings is 1. The van der Waals surface area contributed by atoms with E-state index in [2.05, 4.69) is 9.97 Å². The fraction of sp³-hybridized carbons (Fsp3) is 0.529. The number of nitrogens with zero attached hydrogens (tertiary/aromatic N) is 2. The van der Waals surface area contributed by atoms with Crippen molar-refractivity contribution in [2.45, 2.75) is 36.4 Å². The average molecular weight is 352 g/mol. The van der Waals surface area contributed by atoms with Gasteiger partial charge in [-0.2, -0.15) is 0 Å². The molecule has 2 heterocycles. The van der Waals surface area contributed by atoms with Crippen LogP contribution in [-0.4, -0.2) is 38.2 Å². The number of imidazole rings is 1. The smallest absolute Gasteiger partial charge is 0.231 e. The third-order valence-electron chi connectivity index (χ3n) is 5.31. The van der Waals surface area contributed by atoms with Crippen LogP contribution in [0, 0.1) is 5.41 Å². The van der Waals surface area contributed by atoms with E-state index in [1.54, 1.807) is 0 Å². The Kier molecular flexibility index (Phi) is 3.40. The van der Waals surface area contributed by atoms with Gasteiger partial charge in [0.2, 0.25) is 5.91 Å². The number of carbonyl (C=O) groups is 1. The van der Waals surface area contributed by atoms with Crippen LogP contribution in [0.4, 0.5) is 0 Å². The van der Waals surface area contributed by atoms with Crippen LogP contribution in [0.5, 0.6) is 0 Å². The third-order valence-corrected chi connectivity index (χ3v) is 6.41. The first-order chi connectivity index (χ1) is 10.9. The number of amides is 1. The maximum absolute atomic E-state index is 12.6. The molecule has 1 saturated carbocycles. The molecular formula is C17H19Cl2N3O. The van der Waals surface area contributed by atoms with Crippen molar-refractivity contribution in [3.8, 4) is 0 Å². The number of aromatic nitrogens is 2. The molecule has 0 spiro atoms. The van der Waals surface area contributed by atoms with Gasteiger partial charge in [0, 0.05) is 19.0 Å². The summed E-state index contributed by atoms with van der Waals surface area (Å²) in [4.78, 5) is 22.6. The largest absolute Gasteiger partial charge is 0.342 e. The fourth-order valence-corrected chi connectivity index (χ4v) is 4.20. The Labute approximate surface area is 145 Å². The zero-order valence-electron chi connectivity index (χ0n) is 13.0. The minimum atomic E-state index is -0.889. The van der Waals surface area contributed by atoms with E-state index < -0.39 is 9.75 Å². The van der Waals surface area contributed by atoms with Crippen molar-refractivity contribution in [3.63, 3.8) is 0 Å². The van der Waals surface area contributed by atoms with Gasteiger partial charge >= 0.3 is 0 Å². The van der Waals surface area contributed by atoms with Gasteiger partial charge in [0.25, 0.3) is 0 Å². The number of hydrogen-bond acceptors (Lipinski definition) is 2. The SMILES string of the molecule is C[C@]1(C(=O)N2CCC(c3nc4ccccc4[nH]3)CC2)CC1(Cl)Cl. The summed E-state index contributed by atoms with van der Waals surface area (Å²) in [6, 6.07) is 8.06. The summed E-state index contributed by atoms with van der Waals surface area (Å²) in [5.41, 5.74) is 1.46. The lowest BCUT2D eigenvalue weighted by Crippen LogP contribution is -2.43. The van der Waals surface area contributed by atoms with Gasteiger partial charge < -0.3 is 9.88 Å². The standard InChI is InChI=1S/C17H19Cl2N3O/c1-16(10-17(16,18)19)15(23)22-8-6-11(7-9-22)14-20-12-4-2-3-5-13(12)21-14/h2-5,11H,6-10H2,1H3,(H,20,21)/t16-/m1/s1. The molecule has 0 unspecified atom stereocenters. The number of likely N-dealkylation sites (tertiary alicyclic amines) is 1. The van der Waals surface area contributed by atoms with Crippen molar-refractivity contribution >= 4 is 40.1 Å². The molecule has 1 amide bonds. The Morgan fingerprint density at radius 3 is 2.57 bits per heavy atom. The first kappa shape index (κ1) is 15.3. The Balaban J connectivity index is 1.44. The van der Waals surface area contributed by atoms with Crippen LogP contribution in [0.15, 0.2) is 24.3 Å². The van der Waals surface area contributed by atoms with Crippen molar-refractivity contribution in [2.75, 3.05) is 13.1 Å². The van der Waals surface area contributed by atoms with Gasteiger partial charge in [-0.3, -0.25) is 4.79 Å². The lowest BCUT2D eigenvalue weighted by molar-refractivity contribution is -0.137. The molecule has 122 valence electrons. The molecule has 6 heteroatoms. The molecule has 1 aromatic heterocycles. The number of carbonyl (C=O) groups excluding carboxylic acids is 1. The highest BCUT2D eigenvalue weighted by Crippen LogP contribution is 2.64. The molecule has 0 radical (unpaired) electrons. The second-order valence-corrected chi connectivity index (χ2v) is 8.40. The fourth-order valence-electron chi connectivity index (χ4n) is 3.50. The van der Waals surface area contributed by atoms with Crippen molar-refractivity contribution in [1.82, 2.24) is 14.9 Å². The number of alkyl halides is 2. The van der Waals surface area contributed by atoms with Gasteiger partial charge in [0.15, 0.2) is 0 Å². The topological polar surface area (TPSA) is 49.0 Å². The molecule has 23 heavy (non-hydrogen) atoms. The molecule has 1 atom stereocenters. The minimum absolute atomic E-state index is 0.0885. The van der Waals surface area contributed by atoms with Crippen LogP contribution < -0.4 is 0 Å². The lowest BCUT2D eigenvalue weighted by atomic mass is 9.95. The van der Waals surface area contributed by atoms with E-state index in [0.717, 1.165) is 42.8 Å². The Morgan fingerprint density at radius 1 is 1.30 bits per heavy atom. The maximum atomic E-state index is 12.6. The summed E-state index contributed by atoms with van der Waals surface area (Å²) in [5.74, 6) is 1.49. The Bertz CT molecular complexity index is 731. The van der Waals surface area contributed by atoms with Gasteiger partial charge in [0.05, 0.1) is 16.4 Å². The minimum Gasteiger partial charge on any atom is -0.342 e. The van der Waals surface area contributed by atoms with E-state index in [0.29, 0.717) is 12.3 Å². The predicted octanol–water partition coefficient (Wildman–Crippen LogP) is 3.85. The molecule has 2 fully saturated rings. The van der Waals surface area contributed by atoms with Crippen LogP contribution in [0.25, 0.3) is 11.0 Å². The Morgan fingerprint density at radius 2 is 1.96 bits per heavy atom. The van der Waals surface area contributed by atoms with E-state index in [1.165, 1.54) is 0 Å². The Hall–Kier alpha value is -1.26. The van der Waals surface area contributed by atoms with E-state index in [9.17, 15) is 4.79 Å². The summed E-state index contributed by atoms with van der Waals surface area (Å²) in [6.45, 7) is 3.33. The molecule has 1 aliphatic heterocycles. The zero-order valence-corrected chi connectivity index (χ0v) is 14.5. The average Bonchev–Trinajstić information content (AvgIpc) is 2.89. The summed E-state index contributed by atoms with van der Waals surface area (Å²) in [5, 5.41) is 0. The van der Waals surface area contributed by atoms with Gasteiger partial charge in [-0.15, -0.1) is 23.2 Å². The molecule has 1 saturated heterocycles. The van der Waals surface area contributed by atoms with E-state index >= 15 is 0 Å². The predicted molar refractivity (Wildman–Crippen MR) is 91.8 cm³/mol. The number of halogens is 2. The highest BCUT2D eigenvalue weighted by atomic mass is 35.5. The molecule has 4 nitrogen and oxygen atoms in total. The number of benzene rings is 1. The maximum Gasteiger partial charge on any atom is 0.231 e. The molecule has 2 aliphatic rings. The summed E-state index contributed by atoms with van der Waals surface area (Å²) < 4.78 is -0.889. The molecule has 4 rings (SSSR count). The van der Waals surface area contributed by atoms with Crippen LogP contribution in [0.3, 0.4) is 0 Å². The molecule has 1 aliphatic carbocycles. The van der Waals surface area contributed by atoms with Gasteiger partial charge in [-0.25, -0.2) is 4.98 Å². The van der Waals surface area contributed by atoms with E-state index in [4.69, 9.17) is 23.2 Å². The number of para-hydroxylation sites is 2. The molecule has 1 N–H and O–H groups in total. The van der Waals surface area contributed by atoms with Gasteiger partial charge in [0.1, 0.15) is 10.2 Å². The summed E-state index contributed by atoms with van der Waals surface area (Å²) in [7, 11) is 0. The van der Waals surface area contributed by atoms with Gasteiger partial charge in [-0.1, -0.05) is 12.1 Å². The quantitative estimate of drug-likeness (QED) is 0.835. The number of rotatable bonds is 2. The number of hydrogen-bond donors (Lipinski definition) is 1. The summed E-state index contributed by atoms with van der Waals surface area (Å²) >= 11 is 12.3. The summed E-state index contributed by atoms with van der Waals surface area (Å²) in [6.07, 6.45) is 2.38. The molecule has 0 bridgehead atoms. The van der Waals surface area contributed by atoms with Crippen LogP contribution >= 0.6 is 23.2 Å². The first-order valence-electron chi connectivity index (χ1n) is 8.02. The molecule has 1 aromatic carbocycles. The van der Waals surface area contributed by atoms with Crippen molar-refractivity contribution in [2.24, 2.45) is 5.41 Å². The number of aromatic amines is 1. The van der Waals surface area contributed by atoms with Crippen molar-refractivity contribution in [3.05, 3.63) is 30.1 Å². The van der Waals surface area contributed by atoms with Crippen LogP contribution in [-0.2, 0) is 4.79 Å².